The SMILES string of the molecule is CCCn1nc(C)c(N)c1NCCCCN(C)C. The van der Waals surface area contributed by atoms with Crippen molar-refractivity contribution in [2.45, 2.75) is 39.7 Å². The molecule has 0 aromatic carbocycles. The van der Waals surface area contributed by atoms with Gasteiger partial charge in [0, 0.05) is 13.1 Å². The fourth-order valence-corrected chi connectivity index (χ4v) is 1.92. The van der Waals surface area contributed by atoms with Crippen LogP contribution in [0.15, 0.2) is 0 Å². The number of aryl methyl sites for hydroxylation is 2. The summed E-state index contributed by atoms with van der Waals surface area (Å²) in [4.78, 5) is 2.21. The van der Waals surface area contributed by atoms with E-state index in [1.807, 2.05) is 11.6 Å². The van der Waals surface area contributed by atoms with Crippen molar-refractivity contribution < 1.29 is 0 Å². The van der Waals surface area contributed by atoms with Gasteiger partial charge in [-0.05, 0) is 46.8 Å². The van der Waals surface area contributed by atoms with E-state index >= 15 is 0 Å². The number of hydrogen-bond acceptors (Lipinski definition) is 4. The molecule has 0 radical (unpaired) electrons. The van der Waals surface area contributed by atoms with Gasteiger partial charge in [0.05, 0.1) is 11.4 Å². The zero-order valence-electron chi connectivity index (χ0n) is 12.2. The van der Waals surface area contributed by atoms with E-state index in [-0.39, 0.29) is 0 Å². The maximum Gasteiger partial charge on any atom is 0.148 e. The Morgan fingerprint density at radius 2 is 2.06 bits per heavy atom. The van der Waals surface area contributed by atoms with E-state index in [1.54, 1.807) is 0 Å². The molecular weight excluding hydrogens is 226 g/mol. The minimum atomic E-state index is 0.788. The molecule has 0 bridgehead atoms. The van der Waals surface area contributed by atoms with Gasteiger partial charge < -0.3 is 16.0 Å². The first kappa shape index (κ1) is 14.8. The third-order valence-corrected chi connectivity index (χ3v) is 2.93. The molecule has 0 aliphatic heterocycles. The average Bonchev–Trinajstić information content (AvgIpc) is 2.56. The minimum absolute atomic E-state index is 0.788. The molecular formula is C13H27N5. The van der Waals surface area contributed by atoms with Crippen LogP contribution in [0.4, 0.5) is 11.5 Å². The molecule has 0 fully saturated rings. The van der Waals surface area contributed by atoms with E-state index in [1.165, 1.54) is 6.42 Å². The molecule has 18 heavy (non-hydrogen) atoms. The summed E-state index contributed by atoms with van der Waals surface area (Å²) in [5.74, 6) is 0.985. The Hall–Kier alpha value is -1.23. The van der Waals surface area contributed by atoms with Crippen LogP contribution in [0.3, 0.4) is 0 Å². The number of aromatic nitrogens is 2. The van der Waals surface area contributed by atoms with Crippen molar-refractivity contribution in [3.05, 3.63) is 5.69 Å². The van der Waals surface area contributed by atoms with E-state index in [2.05, 4.69) is 36.3 Å². The van der Waals surface area contributed by atoms with Gasteiger partial charge in [0.15, 0.2) is 0 Å². The summed E-state index contributed by atoms with van der Waals surface area (Å²) >= 11 is 0. The molecule has 104 valence electrons. The third-order valence-electron chi connectivity index (χ3n) is 2.93. The van der Waals surface area contributed by atoms with Crippen LogP contribution in [-0.2, 0) is 6.54 Å². The number of unbranched alkanes of at least 4 members (excludes halogenated alkanes) is 1. The van der Waals surface area contributed by atoms with Crippen LogP contribution in [0.5, 0.6) is 0 Å². The molecule has 1 aromatic rings. The molecule has 5 heteroatoms. The van der Waals surface area contributed by atoms with Gasteiger partial charge in [0.2, 0.25) is 0 Å². The van der Waals surface area contributed by atoms with Crippen LogP contribution in [0.2, 0.25) is 0 Å². The van der Waals surface area contributed by atoms with Crippen molar-refractivity contribution in [1.29, 1.82) is 0 Å². The molecule has 0 saturated carbocycles. The van der Waals surface area contributed by atoms with E-state index in [9.17, 15) is 0 Å². The molecule has 0 spiro atoms. The minimum Gasteiger partial charge on any atom is -0.394 e. The topological polar surface area (TPSA) is 59.1 Å². The molecule has 5 nitrogen and oxygen atoms in total. The fraction of sp³-hybridized carbons (Fsp3) is 0.769. The third kappa shape index (κ3) is 4.22. The standard InChI is InChI=1S/C13H27N5/c1-5-9-18-13(12(14)11(2)16-18)15-8-6-7-10-17(3)4/h15H,5-10,14H2,1-4H3. The van der Waals surface area contributed by atoms with Gasteiger partial charge in [-0.25, -0.2) is 4.68 Å². The smallest absolute Gasteiger partial charge is 0.148 e. The van der Waals surface area contributed by atoms with Crippen LogP contribution < -0.4 is 11.1 Å². The summed E-state index contributed by atoms with van der Waals surface area (Å²) < 4.78 is 1.98. The number of nitrogens with one attached hydrogen (secondary N) is 1. The van der Waals surface area contributed by atoms with Gasteiger partial charge in [-0.2, -0.15) is 5.10 Å². The Bertz CT molecular complexity index is 357. The van der Waals surface area contributed by atoms with Gasteiger partial charge in [-0.3, -0.25) is 0 Å². The zero-order valence-corrected chi connectivity index (χ0v) is 12.2. The second-order valence-electron chi connectivity index (χ2n) is 5.01. The van der Waals surface area contributed by atoms with Crippen molar-refractivity contribution >= 4 is 11.5 Å². The Kier molecular flexibility index (Phi) is 5.98. The summed E-state index contributed by atoms with van der Waals surface area (Å²) in [5, 5.41) is 7.87. The van der Waals surface area contributed by atoms with Crippen molar-refractivity contribution in [3.8, 4) is 0 Å². The first-order valence-corrected chi connectivity index (χ1v) is 6.77. The van der Waals surface area contributed by atoms with E-state index in [0.717, 1.165) is 49.7 Å². The normalized spacial score (nSPS) is 11.2. The van der Waals surface area contributed by atoms with Crippen LogP contribution in [0, 0.1) is 6.92 Å². The van der Waals surface area contributed by atoms with Crippen LogP contribution in [0.25, 0.3) is 0 Å². The lowest BCUT2D eigenvalue weighted by Crippen LogP contribution is -2.15. The average molecular weight is 253 g/mol. The Morgan fingerprint density at radius 3 is 2.67 bits per heavy atom. The molecule has 0 amide bonds. The van der Waals surface area contributed by atoms with Crippen molar-refractivity contribution in [2.75, 3.05) is 38.2 Å². The molecule has 0 unspecified atom stereocenters. The summed E-state index contributed by atoms with van der Waals surface area (Å²) in [6.07, 6.45) is 3.41. The number of anilines is 2. The predicted molar refractivity (Wildman–Crippen MR) is 77.9 cm³/mol. The molecule has 1 heterocycles. The molecule has 0 aliphatic carbocycles. The lowest BCUT2D eigenvalue weighted by atomic mass is 10.3. The van der Waals surface area contributed by atoms with E-state index in [4.69, 9.17) is 5.73 Å². The molecule has 0 saturated heterocycles. The quantitative estimate of drug-likeness (QED) is 0.695. The molecule has 1 rings (SSSR count). The van der Waals surface area contributed by atoms with Gasteiger partial charge in [-0.1, -0.05) is 6.92 Å². The van der Waals surface area contributed by atoms with Gasteiger partial charge in [0.25, 0.3) is 0 Å². The Balaban J connectivity index is 2.45. The molecule has 0 atom stereocenters. The van der Waals surface area contributed by atoms with Gasteiger partial charge in [-0.15, -0.1) is 0 Å². The number of hydrogen-bond donors (Lipinski definition) is 2. The number of nitrogen functional groups attached to an aromatic ring is 1. The number of nitrogens with two attached hydrogens (primary N) is 1. The van der Waals surface area contributed by atoms with Gasteiger partial charge in [0.1, 0.15) is 5.82 Å². The zero-order chi connectivity index (χ0) is 13.5. The lowest BCUT2D eigenvalue weighted by Gasteiger charge is -2.11. The van der Waals surface area contributed by atoms with Crippen molar-refractivity contribution in [1.82, 2.24) is 14.7 Å². The molecule has 1 aromatic heterocycles. The highest BCUT2D eigenvalue weighted by molar-refractivity contribution is 5.64. The highest BCUT2D eigenvalue weighted by atomic mass is 15.3. The van der Waals surface area contributed by atoms with Crippen LogP contribution in [0.1, 0.15) is 31.9 Å². The summed E-state index contributed by atoms with van der Waals surface area (Å²) in [5.41, 5.74) is 7.75. The first-order valence-electron chi connectivity index (χ1n) is 6.77. The van der Waals surface area contributed by atoms with Crippen molar-refractivity contribution in [3.63, 3.8) is 0 Å². The van der Waals surface area contributed by atoms with Crippen LogP contribution >= 0.6 is 0 Å². The summed E-state index contributed by atoms with van der Waals surface area (Å²) in [6.45, 7) is 7.10. The Labute approximate surface area is 110 Å². The van der Waals surface area contributed by atoms with E-state index < -0.39 is 0 Å². The fourth-order valence-electron chi connectivity index (χ4n) is 1.92. The second-order valence-corrected chi connectivity index (χ2v) is 5.01. The maximum absolute atomic E-state index is 6.04. The largest absolute Gasteiger partial charge is 0.394 e. The van der Waals surface area contributed by atoms with Gasteiger partial charge >= 0.3 is 0 Å². The summed E-state index contributed by atoms with van der Waals surface area (Å²) in [7, 11) is 4.20. The monoisotopic (exact) mass is 253 g/mol. The second kappa shape index (κ2) is 7.26. The predicted octanol–water partition coefficient (Wildman–Crippen LogP) is 1.94. The molecule has 3 N–H and O–H groups in total. The Morgan fingerprint density at radius 1 is 1.33 bits per heavy atom. The number of nitrogens with zero attached hydrogens (tertiary/aromatic N) is 3. The molecule has 0 aliphatic rings. The first-order chi connectivity index (χ1) is 8.56. The van der Waals surface area contributed by atoms with Crippen molar-refractivity contribution in [2.24, 2.45) is 0 Å². The lowest BCUT2D eigenvalue weighted by molar-refractivity contribution is 0.396. The summed E-state index contributed by atoms with van der Waals surface area (Å²) in [6, 6.07) is 0. The highest BCUT2D eigenvalue weighted by Crippen LogP contribution is 2.22. The number of rotatable bonds is 8. The van der Waals surface area contributed by atoms with E-state index in [0.29, 0.717) is 0 Å². The highest BCUT2D eigenvalue weighted by Gasteiger charge is 2.10. The maximum atomic E-state index is 6.04. The van der Waals surface area contributed by atoms with Crippen LogP contribution in [-0.4, -0.2) is 41.9 Å².